The highest BCUT2D eigenvalue weighted by atomic mass is 16.2. The summed E-state index contributed by atoms with van der Waals surface area (Å²) in [6.45, 7) is 5.48. The molecule has 0 aromatic heterocycles. The minimum atomic E-state index is -0.902. The van der Waals surface area contributed by atoms with Crippen molar-refractivity contribution in [1.82, 2.24) is 4.90 Å². The van der Waals surface area contributed by atoms with Gasteiger partial charge in [0.15, 0.2) is 0 Å². The van der Waals surface area contributed by atoms with Crippen LogP contribution in [-0.2, 0) is 14.4 Å². The molecule has 0 spiro atoms. The Morgan fingerprint density at radius 3 is 2.19 bits per heavy atom. The van der Waals surface area contributed by atoms with Crippen LogP contribution >= 0.6 is 0 Å². The number of anilines is 1. The van der Waals surface area contributed by atoms with Gasteiger partial charge in [-0.1, -0.05) is 26.0 Å². The fourth-order valence-corrected chi connectivity index (χ4v) is 1.79. The highest BCUT2D eigenvalue weighted by Crippen LogP contribution is 2.17. The lowest BCUT2D eigenvalue weighted by molar-refractivity contribution is -0.149. The van der Waals surface area contributed by atoms with Gasteiger partial charge in [-0.05, 0) is 23.6 Å². The van der Waals surface area contributed by atoms with Crippen LogP contribution in [0, 0.1) is 0 Å². The van der Waals surface area contributed by atoms with Crippen LogP contribution in [0.15, 0.2) is 24.3 Å². The molecule has 21 heavy (non-hydrogen) atoms. The maximum absolute atomic E-state index is 11.9. The first-order chi connectivity index (χ1) is 9.86. The summed E-state index contributed by atoms with van der Waals surface area (Å²) in [6.07, 6.45) is 0. The van der Waals surface area contributed by atoms with E-state index in [1.807, 2.05) is 12.1 Å². The first-order valence-electron chi connectivity index (χ1n) is 6.80. The van der Waals surface area contributed by atoms with Crippen molar-refractivity contribution in [2.45, 2.75) is 26.7 Å². The van der Waals surface area contributed by atoms with E-state index in [0.29, 0.717) is 11.6 Å². The summed E-state index contributed by atoms with van der Waals surface area (Å²) < 4.78 is 0. The van der Waals surface area contributed by atoms with E-state index < -0.39 is 17.7 Å². The van der Waals surface area contributed by atoms with Crippen LogP contribution in [0.3, 0.4) is 0 Å². The molecule has 6 nitrogen and oxygen atoms in total. The van der Waals surface area contributed by atoms with Crippen LogP contribution in [0.1, 0.15) is 32.3 Å². The summed E-state index contributed by atoms with van der Waals surface area (Å²) in [7, 11) is 0. The predicted molar refractivity (Wildman–Crippen MR) is 80.6 cm³/mol. The molecule has 0 saturated heterocycles. The number of imide groups is 1. The molecule has 3 amide bonds. The van der Waals surface area contributed by atoms with Gasteiger partial charge < -0.3 is 11.1 Å². The molecule has 0 saturated carbocycles. The van der Waals surface area contributed by atoms with Crippen LogP contribution in [0.4, 0.5) is 5.69 Å². The Balaban J connectivity index is 2.75. The zero-order valence-electron chi connectivity index (χ0n) is 12.6. The van der Waals surface area contributed by atoms with Gasteiger partial charge in [-0.25, -0.2) is 0 Å². The fourth-order valence-electron chi connectivity index (χ4n) is 1.79. The van der Waals surface area contributed by atoms with Crippen LogP contribution < -0.4 is 11.1 Å². The number of carbonyl (C=O) groups is 3. The molecule has 1 aromatic rings. The molecule has 0 aliphatic rings. The minimum absolute atomic E-state index is 0.0217. The predicted octanol–water partition coefficient (Wildman–Crippen LogP) is 1.08. The minimum Gasteiger partial charge on any atom is -0.329 e. The maximum atomic E-state index is 11.9. The van der Waals surface area contributed by atoms with Crippen LogP contribution in [0.25, 0.3) is 0 Å². The Labute approximate surface area is 124 Å². The summed E-state index contributed by atoms with van der Waals surface area (Å²) in [6, 6.07) is 7.21. The zero-order chi connectivity index (χ0) is 16.0. The van der Waals surface area contributed by atoms with Crippen molar-refractivity contribution in [2.24, 2.45) is 5.73 Å². The normalized spacial score (nSPS) is 10.3. The Morgan fingerprint density at radius 1 is 1.19 bits per heavy atom. The number of carbonyl (C=O) groups excluding carboxylic acids is 3. The second kappa shape index (κ2) is 7.54. The van der Waals surface area contributed by atoms with Gasteiger partial charge in [0, 0.05) is 25.7 Å². The van der Waals surface area contributed by atoms with E-state index >= 15 is 0 Å². The first-order valence-corrected chi connectivity index (χ1v) is 6.80. The number of hydrogen-bond donors (Lipinski definition) is 2. The van der Waals surface area contributed by atoms with Crippen molar-refractivity contribution >= 4 is 23.4 Å². The standard InChI is InChI=1S/C15H21N3O3/c1-10(2)12-4-6-13(7-5-12)17-14(20)15(21)18(9-8-16)11(3)19/h4-7,10H,8-9,16H2,1-3H3,(H,17,20). The van der Waals surface area contributed by atoms with Crippen molar-refractivity contribution in [2.75, 3.05) is 18.4 Å². The van der Waals surface area contributed by atoms with Gasteiger partial charge in [0.2, 0.25) is 5.91 Å². The molecule has 6 heteroatoms. The third-order valence-corrected chi connectivity index (χ3v) is 3.01. The van der Waals surface area contributed by atoms with E-state index in [1.54, 1.807) is 12.1 Å². The highest BCUT2D eigenvalue weighted by Gasteiger charge is 2.24. The van der Waals surface area contributed by atoms with E-state index in [4.69, 9.17) is 5.73 Å². The van der Waals surface area contributed by atoms with Crippen LogP contribution in [0.5, 0.6) is 0 Å². The Morgan fingerprint density at radius 2 is 1.76 bits per heavy atom. The van der Waals surface area contributed by atoms with Crippen molar-refractivity contribution < 1.29 is 14.4 Å². The lowest BCUT2D eigenvalue weighted by Crippen LogP contribution is -2.44. The Kier molecular flexibility index (Phi) is 6.05. The van der Waals surface area contributed by atoms with Crippen molar-refractivity contribution in [1.29, 1.82) is 0 Å². The second-order valence-electron chi connectivity index (χ2n) is 5.00. The number of hydrogen-bond acceptors (Lipinski definition) is 4. The molecule has 0 radical (unpaired) electrons. The lowest BCUT2D eigenvalue weighted by atomic mass is 10.0. The number of nitrogens with zero attached hydrogens (tertiary/aromatic N) is 1. The molecule has 0 bridgehead atoms. The monoisotopic (exact) mass is 291 g/mol. The molecular weight excluding hydrogens is 270 g/mol. The molecular formula is C15H21N3O3. The Bertz CT molecular complexity index is 523. The molecule has 114 valence electrons. The fraction of sp³-hybridized carbons (Fsp3) is 0.400. The van der Waals surface area contributed by atoms with Crippen molar-refractivity contribution in [3.05, 3.63) is 29.8 Å². The van der Waals surface area contributed by atoms with E-state index in [2.05, 4.69) is 19.2 Å². The third-order valence-electron chi connectivity index (χ3n) is 3.01. The lowest BCUT2D eigenvalue weighted by Gasteiger charge is -2.17. The molecule has 1 rings (SSSR count). The van der Waals surface area contributed by atoms with Gasteiger partial charge >= 0.3 is 11.8 Å². The SMILES string of the molecule is CC(=O)N(CCN)C(=O)C(=O)Nc1ccc(C(C)C)cc1. The molecule has 3 N–H and O–H groups in total. The average molecular weight is 291 g/mol. The van der Waals surface area contributed by atoms with Gasteiger partial charge in [0.05, 0.1) is 0 Å². The largest absolute Gasteiger partial charge is 0.329 e. The van der Waals surface area contributed by atoms with Gasteiger partial charge in [0.25, 0.3) is 0 Å². The van der Waals surface area contributed by atoms with Gasteiger partial charge in [-0.2, -0.15) is 0 Å². The number of nitrogens with two attached hydrogens (primary N) is 1. The molecule has 0 unspecified atom stereocenters. The number of benzene rings is 1. The van der Waals surface area contributed by atoms with Crippen LogP contribution in [0.2, 0.25) is 0 Å². The summed E-state index contributed by atoms with van der Waals surface area (Å²) in [4.78, 5) is 35.9. The van der Waals surface area contributed by atoms with Crippen molar-refractivity contribution in [3.63, 3.8) is 0 Å². The van der Waals surface area contributed by atoms with Gasteiger partial charge in [-0.15, -0.1) is 0 Å². The van der Waals surface area contributed by atoms with Crippen LogP contribution in [-0.4, -0.2) is 35.7 Å². The Hall–Kier alpha value is -2.21. The summed E-state index contributed by atoms with van der Waals surface area (Å²) in [5.41, 5.74) is 6.97. The second-order valence-corrected chi connectivity index (χ2v) is 5.00. The summed E-state index contributed by atoms with van der Waals surface area (Å²) in [5.74, 6) is -1.87. The molecule has 0 aliphatic carbocycles. The van der Waals surface area contributed by atoms with E-state index in [1.165, 1.54) is 6.92 Å². The average Bonchev–Trinajstić information content (AvgIpc) is 2.44. The number of amides is 3. The van der Waals surface area contributed by atoms with E-state index in [0.717, 1.165) is 10.5 Å². The van der Waals surface area contributed by atoms with Gasteiger partial charge in [-0.3, -0.25) is 19.3 Å². The molecule has 1 aromatic carbocycles. The molecule has 0 atom stereocenters. The zero-order valence-corrected chi connectivity index (χ0v) is 12.6. The molecule has 0 heterocycles. The smallest absolute Gasteiger partial charge is 0.318 e. The quantitative estimate of drug-likeness (QED) is 0.812. The highest BCUT2D eigenvalue weighted by molar-refractivity contribution is 6.41. The summed E-state index contributed by atoms with van der Waals surface area (Å²) in [5, 5.41) is 2.48. The van der Waals surface area contributed by atoms with E-state index in [9.17, 15) is 14.4 Å². The maximum Gasteiger partial charge on any atom is 0.318 e. The third kappa shape index (κ3) is 4.68. The first kappa shape index (κ1) is 16.8. The molecule has 0 fully saturated rings. The number of rotatable bonds is 4. The van der Waals surface area contributed by atoms with Crippen molar-refractivity contribution in [3.8, 4) is 0 Å². The van der Waals surface area contributed by atoms with E-state index in [-0.39, 0.29) is 13.1 Å². The topological polar surface area (TPSA) is 92.5 Å². The molecule has 0 aliphatic heterocycles. The summed E-state index contributed by atoms with van der Waals surface area (Å²) >= 11 is 0. The van der Waals surface area contributed by atoms with Gasteiger partial charge in [0.1, 0.15) is 0 Å². The number of nitrogens with one attached hydrogen (secondary N) is 1.